The maximum atomic E-state index is 12.5. The molecule has 0 aliphatic carbocycles. The fourth-order valence-corrected chi connectivity index (χ4v) is 4.40. The van der Waals surface area contributed by atoms with Gasteiger partial charge in [-0.25, -0.2) is 4.98 Å². The maximum absolute atomic E-state index is 12.5. The summed E-state index contributed by atoms with van der Waals surface area (Å²) in [6.07, 6.45) is 0. The summed E-state index contributed by atoms with van der Waals surface area (Å²) in [7, 11) is 0. The Morgan fingerprint density at radius 3 is 2.92 bits per heavy atom. The van der Waals surface area contributed by atoms with E-state index >= 15 is 0 Å². The van der Waals surface area contributed by atoms with Gasteiger partial charge in [0.05, 0.1) is 16.3 Å². The van der Waals surface area contributed by atoms with E-state index in [0.29, 0.717) is 38.9 Å². The molecule has 0 atom stereocenters. The second kappa shape index (κ2) is 7.22. The number of nitrogens with zero attached hydrogens (tertiary/aromatic N) is 4. The zero-order chi connectivity index (χ0) is 18.1. The lowest BCUT2D eigenvalue weighted by Gasteiger charge is -2.08. The number of halogens is 1. The van der Waals surface area contributed by atoms with Gasteiger partial charge in [0.15, 0.2) is 5.16 Å². The van der Waals surface area contributed by atoms with Crippen molar-refractivity contribution in [1.82, 2.24) is 19.7 Å². The first-order chi connectivity index (χ1) is 12.7. The Morgan fingerprint density at radius 1 is 1.27 bits per heavy atom. The van der Waals surface area contributed by atoms with Crippen LogP contribution in [0.5, 0.6) is 0 Å². The molecule has 0 radical (unpaired) electrons. The van der Waals surface area contributed by atoms with Gasteiger partial charge in [-0.2, -0.15) is 4.98 Å². The predicted octanol–water partition coefficient (Wildman–Crippen LogP) is 4.47. The van der Waals surface area contributed by atoms with Crippen LogP contribution in [0, 0.1) is 0 Å². The number of aromatic nitrogens is 4. The number of rotatable bonds is 5. The molecule has 0 bridgehead atoms. The van der Waals surface area contributed by atoms with Crippen LogP contribution >= 0.6 is 34.7 Å². The SMILES string of the molecule is CCn1c(SCc2nc(-c3ccccc3Cl)no2)nc2ccsc2c1=O. The highest BCUT2D eigenvalue weighted by molar-refractivity contribution is 7.98. The van der Waals surface area contributed by atoms with E-state index in [0.717, 1.165) is 11.1 Å². The molecule has 0 saturated heterocycles. The van der Waals surface area contributed by atoms with E-state index in [1.54, 1.807) is 10.6 Å². The summed E-state index contributed by atoms with van der Waals surface area (Å²) in [6, 6.07) is 9.19. The third kappa shape index (κ3) is 3.15. The summed E-state index contributed by atoms with van der Waals surface area (Å²) in [5.74, 6) is 1.31. The minimum absolute atomic E-state index is 0.0164. The highest BCUT2D eigenvalue weighted by Crippen LogP contribution is 2.27. The average molecular weight is 405 g/mol. The molecule has 1 aromatic carbocycles. The summed E-state index contributed by atoms with van der Waals surface area (Å²) in [4.78, 5) is 21.5. The predicted molar refractivity (Wildman–Crippen MR) is 104 cm³/mol. The van der Waals surface area contributed by atoms with Gasteiger partial charge in [0.1, 0.15) is 4.70 Å². The van der Waals surface area contributed by atoms with Crippen LogP contribution in [0.3, 0.4) is 0 Å². The molecule has 0 spiro atoms. The monoisotopic (exact) mass is 404 g/mol. The standard InChI is InChI=1S/C17H13ClN4O2S2/c1-2-22-16(23)14-12(7-8-25-14)19-17(22)26-9-13-20-15(21-24-13)10-5-3-4-6-11(10)18/h3-8H,2,9H2,1H3. The van der Waals surface area contributed by atoms with Crippen LogP contribution in [-0.2, 0) is 12.3 Å². The van der Waals surface area contributed by atoms with E-state index in [1.807, 2.05) is 36.6 Å². The average Bonchev–Trinajstić information content (AvgIpc) is 3.30. The van der Waals surface area contributed by atoms with Crippen LogP contribution in [0.25, 0.3) is 21.6 Å². The van der Waals surface area contributed by atoms with Gasteiger partial charge in [0, 0.05) is 12.1 Å². The minimum Gasteiger partial charge on any atom is -0.338 e. The lowest BCUT2D eigenvalue weighted by molar-refractivity contribution is 0.391. The van der Waals surface area contributed by atoms with Gasteiger partial charge in [0.25, 0.3) is 5.56 Å². The van der Waals surface area contributed by atoms with Crippen molar-refractivity contribution in [2.45, 2.75) is 24.4 Å². The summed E-state index contributed by atoms with van der Waals surface area (Å²) >= 11 is 8.98. The Balaban J connectivity index is 1.59. The molecule has 4 aromatic rings. The minimum atomic E-state index is -0.0164. The maximum Gasteiger partial charge on any atom is 0.272 e. The second-order valence-corrected chi connectivity index (χ2v) is 7.62. The van der Waals surface area contributed by atoms with E-state index in [1.165, 1.54) is 23.1 Å². The molecule has 0 N–H and O–H groups in total. The first kappa shape index (κ1) is 17.3. The van der Waals surface area contributed by atoms with Crippen molar-refractivity contribution in [1.29, 1.82) is 0 Å². The third-order valence-electron chi connectivity index (χ3n) is 3.75. The van der Waals surface area contributed by atoms with Gasteiger partial charge in [-0.1, -0.05) is 40.7 Å². The first-order valence-electron chi connectivity index (χ1n) is 7.85. The topological polar surface area (TPSA) is 73.8 Å². The van der Waals surface area contributed by atoms with Gasteiger partial charge in [0.2, 0.25) is 11.7 Å². The third-order valence-corrected chi connectivity index (χ3v) is 5.94. The second-order valence-electron chi connectivity index (χ2n) is 5.36. The molecule has 0 saturated carbocycles. The lowest BCUT2D eigenvalue weighted by atomic mass is 10.2. The zero-order valence-corrected chi connectivity index (χ0v) is 16.1. The molecule has 26 heavy (non-hydrogen) atoms. The van der Waals surface area contributed by atoms with Gasteiger partial charge >= 0.3 is 0 Å². The van der Waals surface area contributed by atoms with Crippen molar-refractivity contribution in [3.63, 3.8) is 0 Å². The molecule has 4 rings (SSSR count). The Kier molecular flexibility index (Phi) is 4.80. The smallest absolute Gasteiger partial charge is 0.272 e. The van der Waals surface area contributed by atoms with E-state index in [-0.39, 0.29) is 5.56 Å². The number of thiophene rings is 1. The van der Waals surface area contributed by atoms with Gasteiger partial charge in [-0.05, 0) is 30.5 Å². The van der Waals surface area contributed by atoms with Crippen LogP contribution in [0.4, 0.5) is 0 Å². The van der Waals surface area contributed by atoms with Gasteiger partial charge < -0.3 is 4.52 Å². The number of thioether (sulfide) groups is 1. The molecule has 6 nitrogen and oxygen atoms in total. The number of fused-ring (bicyclic) bond motifs is 1. The van der Waals surface area contributed by atoms with Crippen molar-refractivity contribution in [2.24, 2.45) is 0 Å². The molecule has 0 aliphatic rings. The summed E-state index contributed by atoms with van der Waals surface area (Å²) in [6.45, 7) is 2.48. The van der Waals surface area contributed by atoms with Crippen LogP contribution in [0.2, 0.25) is 5.02 Å². The molecular formula is C17H13ClN4O2S2. The summed E-state index contributed by atoms with van der Waals surface area (Å²) in [5, 5.41) is 7.07. The Bertz CT molecular complexity index is 1140. The summed E-state index contributed by atoms with van der Waals surface area (Å²) in [5.41, 5.74) is 1.42. The molecule has 0 unspecified atom stereocenters. The lowest BCUT2D eigenvalue weighted by Crippen LogP contribution is -2.21. The fourth-order valence-electron chi connectivity index (χ4n) is 2.50. The van der Waals surface area contributed by atoms with E-state index in [9.17, 15) is 4.79 Å². The van der Waals surface area contributed by atoms with Crippen molar-refractivity contribution < 1.29 is 4.52 Å². The number of hydrogen-bond acceptors (Lipinski definition) is 7. The van der Waals surface area contributed by atoms with Crippen molar-refractivity contribution in [3.05, 3.63) is 57.0 Å². The highest BCUT2D eigenvalue weighted by Gasteiger charge is 2.15. The van der Waals surface area contributed by atoms with Crippen molar-refractivity contribution >= 4 is 44.9 Å². The number of hydrogen-bond donors (Lipinski definition) is 0. The Labute approximate surface area is 161 Å². The zero-order valence-electron chi connectivity index (χ0n) is 13.7. The fraction of sp³-hybridized carbons (Fsp3) is 0.176. The molecule has 0 fully saturated rings. The first-order valence-corrected chi connectivity index (χ1v) is 10.1. The van der Waals surface area contributed by atoms with Crippen LogP contribution in [0.1, 0.15) is 12.8 Å². The highest BCUT2D eigenvalue weighted by atomic mass is 35.5. The van der Waals surface area contributed by atoms with Crippen LogP contribution < -0.4 is 5.56 Å². The Morgan fingerprint density at radius 2 is 2.12 bits per heavy atom. The molecule has 132 valence electrons. The van der Waals surface area contributed by atoms with Gasteiger partial charge in [-0.3, -0.25) is 9.36 Å². The van der Waals surface area contributed by atoms with Crippen LogP contribution in [0.15, 0.2) is 50.2 Å². The number of benzene rings is 1. The largest absolute Gasteiger partial charge is 0.338 e. The quantitative estimate of drug-likeness (QED) is 0.361. The molecule has 0 amide bonds. The van der Waals surface area contributed by atoms with Crippen molar-refractivity contribution in [3.8, 4) is 11.4 Å². The molecule has 0 aliphatic heterocycles. The summed E-state index contributed by atoms with van der Waals surface area (Å²) < 4.78 is 7.66. The van der Waals surface area contributed by atoms with E-state index in [2.05, 4.69) is 15.1 Å². The van der Waals surface area contributed by atoms with Gasteiger partial charge in [-0.15, -0.1) is 11.3 Å². The molecule has 3 heterocycles. The van der Waals surface area contributed by atoms with E-state index < -0.39 is 0 Å². The molecule has 3 aromatic heterocycles. The Hall–Kier alpha value is -2.16. The van der Waals surface area contributed by atoms with Crippen molar-refractivity contribution in [2.75, 3.05) is 0 Å². The van der Waals surface area contributed by atoms with E-state index in [4.69, 9.17) is 16.1 Å². The van der Waals surface area contributed by atoms with Crippen LogP contribution in [-0.4, -0.2) is 19.7 Å². The molecular weight excluding hydrogens is 392 g/mol. The normalized spacial score (nSPS) is 11.3. The molecule has 9 heteroatoms.